The van der Waals surface area contributed by atoms with E-state index in [4.69, 9.17) is 4.74 Å². The van der Waals surface area contributed by atoms with Crippen LogP contribution in [0.1, 0.15) is 32.1 Å². The molecule has 5 fully saturated rings. The molecule has 96 valence electrons. The van der Waals surface area contributed by atoms with Crippen molar-refractivity contribution < 1.29 is 9.84 Å². The molecule has 2 bridgehead atoms. The quantitative estimate of drug-likeness (QED) is 0.785. The summed E-state index contributed by atoms with van der Waals surface area (Å²) in [7, 11) is 0. The average Bonchev–Trinajstić information content (AvgIpc) is 3.01. The van der Waals surface area contributed by atoms with Crippen molar-refractivity contribution >= 4 is 0 Å². The highest BCUT2D eigenvalue weighted by Gasteiger charge is 2.64. The van der Waals surface area contributed by atoms with Gasteiger partial charge in [-0.25, -0.2) is 0 Å². The molecule has 0 aromatic rings. The van der Waals surface area contributed by atoms with Crippen molar-refractivity contribution in [3.05, 3.63) is 0 Å². The summed E-state index contributed by atoms with van der Waals surface area (Å²) < 4.78 is 6.09. The predicted molar refractivity (Wildman–Crippen MR) is 64.7 cm³/mol. The lowest BCUT2D eigenvalue weighted by atomic mass is 9.55. The van der Waals surface area contributed by atoms with Crippen molar-refractivity contribution in [1.82, 2.24) is 4.90 Å². The van der Waals surface area contributed by atoms with Crippen molar-refractivity contribution in [2.75, 3.05) is 26.3 Å². The van der Waals surface area contributed by atoms with Crippen LogP contribution in [0.25, 0.3) is 0 Å². The Hall–Kier alpha value is -0.120. The number of nitrogens with zero attached hydrogens (tertiary/aromatic N) is 1. The zero-order chi connectivity index (χ0) is 11.5. The first kappa shape index (κ1) is 10.8. The highest BCUT2D eigenvalue weighted by atomic mass is 16.5. The van der Waals surface area contributed by atoms with Gasteiger partial charge >= 0.3 is 0 Å². The zero-order valence-corrected chi connectivity index (χ0v) is 10.5. The molecule has 1 spiro atoms. The lowest BCUT2D eigenvalue weighted by Crippen LogP contribution is -2.60. The second-order valence-corrected chi connectivity index (χ2v) is 6.66. The molecule has 0 radical (unpaired) electrons. The van der Waals surface area contributed by atoms with E-state index in [9.17, 15) is 5.11 Å². The number of aliphatic hydroxyl groups excluding tert-OH is 1. The minimum atomic E-state index is 0.297. The van der Waals surface area contributed by atoms with Crippen molar-refractivity contribution in [2.24, 2.45) is 17.8 Å². The summed E-state index contributed by atoms with van der Waals surface area (Å²) in [6, 6.07) is 0.765. The van der Waals surface area contributed by atoms with Crippen LogP contribution in [0.15, 0.2) is 0 Å². The molecule has 0 amide bonds. The molecule has 0 aromatic carbocycles. The maximum Gasteiger partial charge on any atom is 0.0732 e. The van der Waals surface area contributed by atoms with Crippen LogP contribution in [0, 0.1) is 17.8 Å². The third-order valence-electron chi connectivity index (χ3n) is 5.87. The van der Waals surface area contributed by atoms with Crippen molar-refractivity contribution in [1.29, 1.82) is 0 Å². The fourth-order valence-electron chi connectivity index (χ4n) is 5.08. The van der Waals surface area contributed by atoms with Gasteiger partial charge in [0.1, 0.15) is 0 Å². The summed E-state index contributed by atoms with van der Waals surface area (Å²) in [5.74, 6) is 2.22. The van der Waals surface area contributed by atoms with Crippen molar-refractivity contribution in [3.63, 3.8) is 0 Å². The molecule has 1 N–H and O–H groups in total. The van der Waals surface area contributed by atoms with Crippen LogP contribution in [0.3, 0.4) is 0 Å². The van der Waals surface area contributed by atoms with E-state index in [-0.39, 0.29) is 0 Å². The largest absolute Gasteiger partial charge is 0.396 e. The summed E-state index contributed by atoms with van der Waals surface area (Å²) in [4.78, 5) is 2.67. The van der Waals surface area contributed by atoms with E-state index >= 15 is 0 Å². The topological polar surface area (TPSA) is 32.7 Å². The minimum absolute atomic E-state index is 0.297. The monoisotopic (exact) mass is 237 g/mol. The first-order chi connectivity index (χ1) is 8.32. The second-order valence-electron chi connectivity index (χ2n) is 6.66. The van der Waals surface area contributed by atoms with Crippen LogP contribution in [0.5, 0.6) is 0 Å². The van der Waals surface area contributed by atoms with Crippen molar-refractivity contribution in [3.8, 4) is 0 Å². The lowest BCUT2D eigenvalue weighted by Gasteiger charge is -2.54. The number of rotatable bonds is 2. The first-order valence-corrected chi connectivity index (χ1v) is 7.31. The fourth-order valence-corrected chi connectivity index (χ4v) is 5.08. The van der Waals surface area contributed by atoms with Gasteiger partial charge in [0.25, 0.3) is 0 Å². The Morgan fingerprint density at radius 1 is 1.35 bits per heavy atom. The maximum atomic E-state index is 9.28. The second kappa shape index (κ2) is 3.69. The normalized spacial score (nSPS) is 53.5. The van der Waals surface area contributed by atoms with E-state index in [0.29, 0.717) is 18.1 Å². The van der Waals surface area contributed by atoms with Gasteiger partial charge in [0, 0.05) is 25.1 Å². The number of aliphatic hydroxyl groups is 1. The van der Waals surface area contributed by atoms with Gasteiger partial charge < -0.3 is 9.84 Å². The van der Waals surface area contributed by atoms with Gasteiger partial charge in [0.05, 0.1) is 12.2 Å². The van der Waals surface area contributed by atoms with E-state index in [0.717, 1.165) is 31.0 Å². The Morgan fingerprint density at radius 2 is 2.29 bits per heavy atom. The molecule has 3 aliphatic heterocycles. The Morgan fingerprint density at radius 3 is 3.06 bits per heavy atom. The molecule has 5 rings (SSSR count). The van der Waals surface area contributed by atoms with Gasteiger partial charge in [0.15, 0.2) is 0 Å². The molecule has 17 heavy (non-hydrogen) atoms. The predicted octanol–water partition coefficient (Wildman–Crippen LogP) is 1.26. The lowest BCUT2D eigenvalue weighted by molar-refractivity contribution is -0.114. The van der Waals surface area contributed by atoms with Crippen LogP contribution >= 0.6 is 0 Å². The molecule has 3 heteroatoms. The summed E-state index contributed by atoms with van der Waals surface area (Å²) in [5, 5.41) is 9.28. The molecule has 5 aliphatic rings. The Kier molecular flexibility index (Phi) is 2.34. The molecule has 3 heterocycles. The van der Waals surface area contributed by atoms with E-state index in [1.807, 2.05) is 0 Å². The molecule has 3 nitrogen and oxygen atoms in total. The molecule has 3 saturated heterocycles. The van der Waals surface area contributed by atoms with Crippen LogP contribution in [0.2, 0.25) is 0 Å². The Labute approximate surface area is 103 Å². The molecular weight excluding hydrogens is 214 g/mol. The molecular formula is C14H23NO2. The molecule has 2 saturated carbocycles. The third-order valence-corrected chi connectivity index (χ3v) is 5.87. The highest BCUT2D eigenvalue weighted by molar-refractivity contribution is 5.15. The zero-order valence-electron chi connectivity index (χ0n) is 10.5. The summed E-state index contributed by atoms with van der Waals surface area (Å²) >= 11 is 0. The summed E-state index contributed by atoms with van der Waals surface area (Å²) in [6.07, 6.45) is 6.55. The molecule has 5 atom stereocenters. The molecule has 2 aliphatic carbocycles. The van der Waals surface area contributed by atoms with Crippen LogP contribution in [-0.2, 0) is 4.74 Å². The number of hydrogen-bond acceptors (Lipinski definition) is 3. The van der Waals surface area contributed by atoms with Crippen LogP contribution in [-0.4, -0.2) is 48.0 Å². The SMILES string of the molecule is OCC1CCN(C2CCCC34CC(CO3)C24)C1. The summed E-state index contributed by atoms with van der Waals surface area (Å²) in [6.45, 7) is 3.73. The van der Waals surface area contributed by atoms with Gasteiger partial charge in [0.2, 0.25) is 0 Å². The van der Waals surface area contributed by atoms with Crippen molar-refractivity contribution in [2.45, 2.75) is 43.7 Å². The minimum Gasteiger partial charge on any atom is -0.396 e. The number of likely N-dealkylation sites (tertiary alicyclic amines) is 1. The Bertz CT molecular complexity index is 317. The maximum absolute atomic E-state index is 9.28. The number of ether oxygens (including phenoxy) is 1. The first-order valence-electron chi connectivity index (χ1n) is 7.31. The van der Waals surface area contributed by atoms with Gasteiger partial charge in [-0.3, -0.25) is 4.90 Å². The van der Waals surface area contributed by atoms with Crippen LogP contribution in [0.4, 0.5) is 0 Å². The van der Waals surface area contributed by atoms with Gasteiger partial charge in [-0.15, -0.1) is 0 Å². The smallest absolute Gasteiger partial charge is 0.0732 e. The van der Waals surface area contributed by atoms with Gasteiger partial charge in [-0.1, -0.05) is 0 Å². The Balaban J connectivity index is 1.51. The van der Waals surface area contributed by atoms with Gasteiger partial charge in [-0.2, -0.15) is 0 Å². The number of fused-ring (bicyclic) bond motifs is 1. The summed E-state index contributed by atoms with van der Waals surface area (Å²) in [5.41, 5.74) is 0.297. The highest BCUT2D eigenvalue weighted by Crippen LogP contribution is 2.61. The fraction of sp³-hybridized carbons (Fsp3) is 1.00. The molecule has 5 unspecified atom stereocenters. The van der Waals surface area contributed by atoms with E-state index in [1.165, 1.54) is 38.6 Å². The average molecular weight is 237 g/mol. The van der Waals surface area contributed by atoms with E-state index in [2.05, 4.69) is 4.90 Å². The van der Waals surface area contributed by atoms with E-state index in [1.54, 1.807) is 0 Å². The standard InChI is InChI=1S/C14H23NO2/c16-8-10-3-5-15(7-10)12-2-1-4-14-6-11(9-17-14)13(12)14/h10-13,16H,1-9H2. The van der Waals surface area contributed by atoms with Crippen LogP contribution < -0.4 is 0 Å². The van der Waals surface area contributed by atoms with Gasteiger partial charge in [-0.05, 0) is 50.5 Å². The molecule has 0 aromatic heterocycles. The third kappa shape index (κ3) is 1.39. The van der Waals surface area contributed by atoms with E-state index < -0.39 is 0 Å². The number of hydrogen-bond donors (Lipinski definition) is 1.